The minimum atomic E-state index is -0.595. The Hall–Kier alpha value is -2.01. The van der Waals surface area contributed by atoms with E-state index >= 15 is 0 Å². The third kappa shape index (κ3) is 3.25. The Bertz CT molecular complexity index is 650. The van der Waals surface area contributed by atoms with Gasteiger partial charge in [-0.05, 0) is 31.2 Å². The second-order valence-electron chi connectivity index (χ2n) is 5.75. The summed E-state index contributed by atoms with van der Waals surface area (Å²) >= 11 is 0. The molecule has 22 heavy (non-hydrogen) atoms. The van der Waals surface area contributed by atoms with Crippen molar-refractivity contribution in [2.75, 3.05) is 13.2 Å². The highest BCUT2D eigenvalue weighted by atomic mass is 19.1. The summed E-state index contributed by atoms with van der Waals surface area (Å²) in [5.74, 6) is -0.382. The number of hydrogen-bond donors (Lipinski definition) is 0. The van der Waals surface area contributed by atoms with E-state index in [-0.39, 0.29) is 24.1 Å². The van der Waals surface area contributed by atoms with E-state index in [0.717, 1.165) is 24.6 Å². The first kappa shape index (κ1) is 14.9. The standard InChI is InChI=1S/C17H19FN2O2/c1-12(14-5-3-2-4-6-14)20-17(15(18)9-19-20)16(21)11-22-10-13-7-8-13/h2-6,9,12-13H,7-8,10-11H2,1H3/t12-/m1/s1. The summed E-state index contributed by atoms with van der Waals surface area (Å²) in [7, 11) is 0. The maximum atomic E-state index is 14.0. The van der Waals surface area contributed by atoms with E-state index in [2.05, 4.69) is 5.10 Å². The van der Waals surface area contributed by atoms with Crippen LogP contribution in [0.4, 0.5) is 4.39 Å². The molecule has 0 bridgehead atoms. The van der Waals surface area contributed by atoms with Crippen molar-refractivity contribution >= 4 is 5.78 Å². The van der Waals surface area contributed by atoms with E-state index in [0.29, 0.717) is 12.5 Å². The third-order valence-electron chi connectivity index (χ3n) is 3.95. The molecular weight excluding hydrogens is 283 g/mol. The second kappa shape index (κ2) is 6.40. The van der Waals surface area contributed by atoms with E-state index < -0.39 is 5.82 Å². The quantitative estimate of drug-likeness (QED) is 0.738. The van der Waals surface area contributed by atoms with E-state index in [1.54, 1.807) is 0 Å². The van der Waals surface area contributed by atoms with Gasteiger partial charge >= 0.3 is 0 Å². The van der Waals surface area contributed by atoms with Crippen LogP contribution in [0.3, 0.4) is 0 Å². The van der Waals surface area contributed by atoms with Gasteiger partial charge in [-0.1, -0.05) is 30.3 Å². The molecule has 0 aliphatic heterocycles. The van der Waals surface area contributed by atoms with Gasteiger partial charge in [0.15, 0.2) is 5.82 Å². The number of hydrogen-bond acceptors (Lipinski definition) is 3. The number of benzene rings is 1. The number of halogens is 1. The largest absolute Gasteiger partial charge is 0.373 e. The summed E-state index contributed by atoms with van der Waals surface area (Å²) in [6.07, 6.45) is 3.41. The highest BCUT2D eigenvalue weighted by molar-refractivity contribution is 5.95. The molecule has 1 aromatic heterocycles. The highest BCUT2D eigenvalue weighted by Gasteiger charge is 2.25. The monoisotopic (exact) mass is 302 g/mol. The first-order chi connectivity index (χ1) is 10.7. The first-order valence-corrected chi connectivity index (χ1v) is 7.55. The van der Waals surface area contributed by atoms with Crippen LogP contribution in [-0.4, -0.2) is 28.8 Å². The van der Waals surface area contributed by atoms with Crippen molar-refractivity contribution in [2.24, 2.45) is 5.92 Å². The second-order valence-corrected chi connectivity index (χ2v) is 5.75. The molecule has 0 spiro atoms. The summed E-state index contributed by atoms with van der Waals surface area (Å²) < 4.78 is 20.8. The van der Waals surface area contributed by atoms with Crippen LogP contribution < -0.4 is 0 Å². The van der Waals surface area contributed by atoms with Gasteiger partial charge in [-0.15, -0.1) is 0 Å². The Morgan fingerprint density at radius 2 is 2.14 bits per heavy atom. The normalized spacial score (nSPS) is 15.7. The van der Waals surface area contributed by atoms with Gasteiger partial charge in [-0.25, -0.2) is 4.39 Å². The Kier molecular flexibility index (Phi) is 4.34. The molecule has 0 N–H and O–H groups in total. The molecule has 0 unspecified atom stereocenters. The van der Waals surface area contributed by atoms with Crippen molar-refractivity contribution in [2.45, 2.75) is 25.8 Å². The molecule has 1 fully saturated rings. The van der Waals surface area contributed by atoms with Gasteiger partial charge in [0.05, 0.1) is 18.8 Å². The van der Waals surface area contributed by atoms with Crippen molar-refractivity contribution < 1.29 is 13.9 Å². The predicted octanol–water partition coefficient (Wildman–Crippen LogP) is 3.24. The zero-order valence-electron chi connectivity index (χ0n) is 12.5. The van der Waals surface area contributed by atoms with Crippen LogP contribution >= 0.6 is 0 Å². The van der Waals surface area contributed by atoms with Crippen LogP contribution in [0.1, 0.15) is 41.9 Å². The van der Waals surface area contributed by atoms with Gasteiger partial charge in [0.2, 0.25) is 5.78 Å². The molecule has 0 amide bonds. The van der Waals surface area contributed by atoms with Crippen molar-refractivity contribution in [1.82, 2.24) is 9.78 Å². The van der Waals surface area contributed by atoms with Crippen LogP contribution in [-0.2, 0) is 4.74 Å². The zero-order valence-corrected chi connectivity index (χ0v) is 12.5. The number of carbonyl (C=O) groups excluding carboxylic acids is 1. The summed E-state index contributed by atoms with van der Waals surface area (Å²) in [4.78, 5) is 12.3. The molecule has 1 heterocycles. The Balaban J connectivity index is 1.76. The molecule has 1 aliphatic rings. The van der Waals surface area contributed by atoms with Gasteiger partial charge in [-0.2, -0.15) is 5.10 Å². The number of ether oxygens (including phenoxy) is 1. The lowest BCUT2D eigenvalue weighted by Crippen LogP contribution is -2.20. The number of nitrogens with zero attached hydrogens (tertiary/aromatic N) is 2. The van der Waals surface area contributed by atoms with Crippen LogP contribution in [0.25, 0.3) is 0 Å². The lowest BCUT2D eigenvalue weighted by Gasteiger charge is -2.15. The minimum Gasteiger partial charge on any atom is -0.373 e. The van der Waals surface area contributed by atoms with Crippen molar-refractivity contribution in [3.05, 3.63) is 53.6 Å². The van der Waals surface area contributed by atoms with Crippen LogP contribution in [0, 0.1) is 11.7 Å². The van der Waals surface area contributed by atoms with Gasteiger partial charge in [0.25, 0.3) is 0 Å². The van der Waals surface area contributed by atoms with Gasteiger partial charge in [-0.3, -0.25) is 9.48 Å². The Morgan fingerprint density at radius 1 is 1.41 bits per heavy atom. The number of ketones is 1. The van der Waals surface area contributed by atoms with E-state index in [1.165, 1.54) is 4.68 Å². The maximum Gasteiger partial charge on any atom is 0.209 e. The molecule has 2 aromatic rings. The number of carbonyl (C=O) groups is 1. The lowest BCUT2D eigenvalue weighted by molar-refractivity contribution is 0.0724. The first-order valence-electron chi connectivity index (χ1n) is 7.55. The fourth-order valence-electron chi connectivity index (χ4n) is 2.44. The smallest absolute Gasteiger partial charge is 0.209 e. The summed E-state index contributed by atoms with van der Waals surface area (Å²) in [6, 6.07) is 9.38. The van der Waals surface area contributed by atoms with E-state index in [9.17, 15) is 9.18 Å². The van der Waals surface area contributed by atoms with Crippen molar-refractivity contribution in [1.29, 1.82) is 0 Å². The molecule has 1 saturated carbocycles. The number of rotatable bonds is 7. The summed E-state index contributed by atoms with van der Waals surface area (Å²) in [6.45, 7) is 2.37. The molecule has 0 radical (unpaired) electrons. The van der Waals surface area contributed by atoms with Gasteiger partial charge in [0, 0.05) is 0 Å². The average Bonchev–Trinajstić information content (AvgIpc) is 3.28. The molecule has 4 nitrogen and oxygen atoms in total. The zero-order chi connectivity index (χ0) is 15.5. The topological polar surface area (TPSA) is 44.1 Å². The third-order valence-corrected chi connectivity index (χ3v) is 3.95. The van der Waals surface area contributed by atoms with Crippen LogP contribution in [0.5, 0.6) is 0 Å². The molecule has 1 aromatic carbocycles. The molecule has 1 atom stereocenters. The Morgan fingerprint density at radius 3 is 2.82 bits per heavy atom. The number of Topliss-reactive ketones (excluding diaryl/α,β-unsaturated/α-hetero) is 1. The minimum absolute atomic E-state index is 0.00727. The van der Waals surface area contributed by atoms with Crippen LogP contribution in [0.2, 0.25) is 0 Å². The molecule has 5 heteroatoms. The SMILES string of the molecule is C[C@H](c1ccccc1)n1ncc(F)c1C(=O)COCC1CC1. The summed E-state index contributed by atoms with van der Waals surface area (Å²) in [5, 5.41) is 4.03. The average molecular weight is 302 g/mol. The number of aromatic nitrogens is 2. The fraction of sp³-hybridized carbons (Fsp3) is 0.412. The van der Waals surface area contributed by atoms with Gasteiger partial charge < -0.3 is 4.74 Å². The van der Waals surface area contributed by atoms with Crippen molar-refractivity contribution in [3.63, 3.8) is 0 Å². The highest BCUT2D eigenvalue weighted by Crippen LogP contribution is 2.29. The molecule has 1 aliphatic carbocycles. The summed E-state index contributed by atoms with van der Waals surface area (Å²) in [5.41, 5.74) is 0.964. The Labute approximate surface area is 128 Å². The fourth-order valence-corrected chi connectivity index (χ4v) is 2.44. The van der Waals surface area contributed by atoms with E-state index in [4.69, 9.17) is 4.74 Å². The van der Waals surface area contributed by atoms with Gasteiger partial charge in [0.1, 0.15) is 12.3 Å². The predicted molar refractivity (Wildman–Crippen MR) is 80.3 cm³/mol. The molecule has 3 rings (SSSR count). The van der Waals surface area contributed by atoms with Crippen molar-refractivity contribution in [3.8, 4) is 0 Å². The molecule has 0 saturated heterocycles. The van der Waals surface area contributed by atoms with Crippen LogP contribution in [0.15, 0.2) is 36.5 Å². The molecule has 116 valence electrons. The lowest BCUT2D eigenvalue weighted by atomic mass is 10.1. The molecular formula is C17H19FN2O2. The van der Waals surface area contributed by atoms with E-state index in [1.807, 2.05) is 37.3 Å². The maximum absolute atomic E-state index is 14.0.